The Morgan fingerprint density at radius 2 is 1.62 bits per heavy atom. The Bertz CT molecular complexity index is 896. The lowest BCUT2D eigenvalue weighted by molar-refractivity contribution is 0.0467. The predicted octanol–water partition coefficient (Wildman–Crippen LogP) is 3.97. The van der Waals surface area contributed by atoms with Crippen molar-refractivity contribution in [2.24, 2.45) is 0 Å². The molecule has 24 heavy (non-hydrogen) atoms. The van der Waals surface area contributed by atoms with E-state index in [0.717, 1.165) is 11.1 Å². The standard InChI is InChI=1S/C20H16O4/c1-14-19(20(22)23-13-15-8-4-2-5-9-15)17(21)12-18(24-14)16-10-6-3-7-11-16/h2-12H,13H2,1H3. The summed E-state index contributed by atoms with van der Waals surface area (Å²) in [4.78, 5) is 24.6. The number of hydrogen-bond acceptors (Lipinski definition) is 4. The lowest BCUT2D eigenvalue weighted by Crippen LogP contribution is -2.18. The molecule has 3 rings (SSSR count). The maximum atomic E-state index is 12.3. The highest BCUT2D eigenvalue weighted by molar-refractivity contribution is 5.90. The van der Waals surface area contributed by atoms with Crippen LogP contribution in [0.2, 0.25) is 0 Å². The molecule has 0 spiro atoms. The van der Waals surface area contributed by atoms with Crippen molar-refractivity contribution in [1.82, 2.24) is 0 Å². The zero-order valence-electron chi connectivity index (χ0n) is 13.2. The number of hydrogen-bond donors (Lipinski definition) is 0. The molecule has 0 aliphatic heterocycles. The Hall–Kier alpha value is -3.14. The molecular weight excluding hydrogens is 304 g/mol. The molecule has 0 saturated carbocycles. The van der Waals surface area contributed by atoms with E-state index in [-0.39, 0.29) is 17.9 Å². The second kappa shape index (κ2) is 6.96. The topological polar surface area (TPSA) is 56.5 Å². The van der Waals surface area contributed by atoms with Gasteiger partial charge in [-0.15, -0.1) is 0 Å². The first-order chi connectivity index (χ1) is 11.6. The van der Waals surface area contributed by atoms with Crippen molar-refractivity contribution in [3.63, 3.8) is 0 Å². The van der Waals surface area contributed by atoms with Crippen molar-refractivity contribution < 1.29 is 13.9 Å². The molecule has 2 aromatic carbocycles. The van der Waals surface area contributed by atoms with Crippen LogP contribution in [-0.4, -0.2) is 5.97 Å². The molecule has 1 heterocycles. The molecule has 0 aliphatic carbocycles. The van der Waals surface area contributed by atoms with E-state index >= 15 is 0 Å². The minimum Gasteiger partial charge on any atom is -0.460 e. The van der Waals surface area contributed by atoms with E-state index in [9.17, 15) is 9.59 Å². The zero-order valence-corrected chi connectivity index (χ0v) is 13.2. The molecule has 0 fully saturated rings. The molecule has 4 heteroatoms. The number of carbonyl (C=O) groups is 1. The van der Waals surface area contributed by atoms with E-state index in [1.165, 1.54) is 6.07 Å². The first-order valence-corrected chi connectivity index (χ1v) is 7.56. The van der Waals surface area contributed by atoms with Gasteiger partial charge in [-0.25, -0.2) is 4.79 Å². The third kappa shape index (κ3) is 3.43. The summed E-state index contributed by atoms with van der Waals surface area (Å²) in [5.74, 6) is 0.00170. The number of esters is 1. The Kier molecular flexibility index (Phi) is 4.57. The van der Waals surface area contributed by atoms with Gasteiger partial charge in [0.05, 0.1) is 0 Å². The molecule has 3 aromatic rings. The molecule has 0 amide bonds. The van der Waals surface area contributed by atoms with Crippen LogP contribution < -0.4 is 5.43 Å². The summed E-state index contributed by atoms with van der Waals surface area (Å²) in [5, 5.41) is 0. The summed E-state index contributed by atoms with van der Waals surface area (Å²) < 4.78 is 10.9. The SMILES string of the molecule is Cc1oc(-c2ccccc2)cc(=O)c1C(=O)OCc1ccccc1. The van der Waals surface area contributed by atoms with Crippen molar-refractivity contribution in [3.05, 3.63) is 93.8 Å². The largest absolute Gasteiger partial charge is 0.460 e. The van der Waals surface area contributed by atoms with Gasteiger partial charge >= 0.3 is 5.97 Å². The molecule has 0 aliphatic rings. The summed E-state index contributed by atoms with van der Waals surface area (Å²) in [6.07, 6.45) is 0. The smallest absolute Gasteiger partial charge is 0.345 e. The minimum atomic E-state index is -0.676. The van der Waals surface area contributed by atoms with Crippen LogP contribution in [0.15, 0.2) is 75.9 Å². The lowest BCUT2D eigenvalue weighted by Gasteiger charge is -2.08. The minimum absolute atomic E-state index is 0.0642. The molecule has 0 radical (unpaired) electrons. The highest BCUT2D eigenvalue weighted by Crippen LogP contribution is 2.20. The van der Waals surface area contributed by atoms with E-state index < -0.39 is 11.4 Å². The van der Waals surface area contributed by atoms with Crippen LogP contribution in [0.5, 0.6) is 0 Å². The third-order valence-electron chi connectivity index (χ3n) is 3.60. The Balaban J connectivity index is 1.83. The quantitative estimate of drug-likeness (QED) is 0.683. The van der Waals surface area contributed by atoms with Gasteiger partial charge in [0.15, 0.2) is 5.43 Å². The fourth-order valence-corrected chi connectivity index (χ4v) is 2.39. The van der Waals surface area contributed by atoms with Gasteiger partial charge in [-0.3, -0.25) is 4.79 Å². The average molecular weight is 320 g/mol. The predicted molar refractivity (Wildman–Crippen MR) is 90.7 cm³/mol. The van der Waals surface area contributed by atoms with Crippen molar-refractivity contribution in [2.75, 3.05) is 0 Å². The van der Waals surface area contributed by atoms with E-state index in [1.54, 1.807) is 6.92 Å². The fraction of sp³-hybridized carbons (Fsp3) is 0.100. The molecule has 0 saturated heterocycles. The van der Waals surface area contributed by atoms with E-state index in [0.29, 0.717) is 5.76 Å². The van der Waals surface area contributed by atoms with Crippen LogP contribution in [0.1, 0.15) is 21.7 Å². The summed E-state index contributed by atoms with van der Waals surface area (Å²) in [6, 6.07) is 19.9. The van der Waals surface area contributed by atoms with Crippen molar-refractivity contribution in [3.8, 4) is 11.3 Å². The maximum Gasteiger partial charge on any atom is 0.345 e. The summed E-state index contributed by atoms with van der Waals surface area (Å²) >= 11 is 0. The van der Waals surface area contributed by atoms with Crippen LogP contribution in [0.4, 0.5) is 0 Å². The van der Waals surface area contributed by atoms with E-state index in [2.05, 4.69) is 0 Å². The van der Waals surface area contributed by atoms with E-state index in [1.807, 2.05) is 60.7 Å². The molecular formula is C20H16O4. The third-order valence-corrected chi connectivity index (χ3v) is 3.60. The zero-order chi connectivity index (χ0) is 16.9. The first-order valence-electron chi connectivity index (χ1n) is 7.56. The Morgan fingerprint density at radius 1 is 1.00 bits per heavy atom. The van der Waals surface area contributed by atoms with Crippen molar-refractivity contribution in [1.29, 1.82) is 0 Å². The second-order valence-corrected chi connectivity index (χ2v) is 5.33. The van der Waals surface area contributed by atoms with Gasteiger partial charge in [0.1, 0.15) is 23.7 Å². The number of rotatable bonds is 4. The Labute approximate surface area is 139 Å². The maximum absolute atomic E-state index is 12.3. The van der Waals surface area contributed by atoms with Gasteiger partial charge in [-0.2, -0.15) is 0 Å². The lowest BCUT2D eigenvalue weighted by atomic mass is 10.1. The van der Waals surface area contributed by atoms with Gasteiger partial charge in [0, 0.05) is 11.6 Å². The highest BCUT2D eigenvalue weighted by Gasteiger charge is 2.19. The van der Waals surface area contributed by atoms with Crippen LogP contribution >= 0.6 is 0 Å². The molecule has 1 aromatic heterocycles. The second-order valence-electron chi connectivity index (χ2n) is 5.33. The number of carbonyl (C=O) groups excluding carboxylic acids is 1. The van der Waals surface area contributed by atoms with Gasteiger partial charge < -0.3 is 9.15 Å². The summed E-state index contributed by atoms with van der Waals surface area (Å²) in [5.41, 5.74) is 1.16. The molecule has 4 nitrogen and oxygen atoms in total. The first kappa shape index (κ1) is 15.7. The molecule has 0 atom stereocenters. The van der Waals surface area contributed by atoms with Gasteiger partial charge in [0.2, 0.25) is 0 Å². The molecule has 0 bridgehead atoms. The van der Waals surface area contributed by atoms with Crippen LogP contribution in [-0.2, 0) is 11.3 Å². The summed E-state index contributed by atoms with van der Waals surface area (Å²) in [7, 11) is 0. The Morgan fingerprint density at radius 3 is 2.25 bits per heavy atom. The van der Waals surface area contributed by atoms with Gasteiger partial charge in [-0.05, 0) is 12.5 Å². The van der Waals surface area contributed by atoms with E-state index in [4.69, 9.17) is 9.15 Å². The van der Waals surface area contributed by atoms with Crippen LogP contribution in [0.25, 0.3) is 11.3 Å². The van der Waals surface area contributed by atoms with Crippen LogP contribution in [0.3, 0.4) is 0 Å². The molecule has 120 valence electrons. The number of aryl methyl sites for hydroxylation is 1. The van der Waals surface area contributed by atoms with Crippen molar-refractivity contribution >= 4 is 5.97 Å². The van der Waals surface area contributed by atoms with Crippen molar-refractivity contribution in [2.45, 2.75) is 13.5 Å². The summed E-state index contributed by atoms with van der Waals surface area (Å²) in [6.45, 7) is 1.70. The van der Waals surface area contributed by atoms with Gasteiger partial charge in [0.25, 0.3) is 0 Å². The van der Waals surface area contributed by atoms with Gasteiger partial charge in [-0.1, -0.05) is 60.7 Å². The average Bonchev–Trinajstić information content (AvgIpc) is 2.61. The van der Waals surface area contributed by atoms with Crippen LogP contribution in [0, 0.1) is 6.92 Å². The molecule has 0 unspecified atom stereocenters. The monoisotopic (exact) mass is 320 g/mol. The number of ether oxygens (including phenoxy) is 1. The number of benzene rings is 2. The normalized spacial score (nSPS) is 10.4. The molecule has 0 N–H and O–H groups in total. The highest BCUT2D eigenvalue weighted by atomic mass is 16.5. The fourth-order valence-electron chi connectivity index (χ4n) is 2.39.